The van der Waals surface area contributed by atoms with Crippen LogP contribution in [0.5, 0.6) is 0 Å². The minimum Gasteiger partial charge on any atom is -0.462 e. The predicted octanol–water partition coefficient (Wildman–Crippen LogP) is 4.33. The zero-order valence-electron chi connectivity index (χ0n) is 17.0. The first-order valence-electron chi connectivity index (χ1n) is 9.81. The van der Waals surface area contributed by atoms with Gasteiger partial charge in [-0.05, 0) is 31.5 Å². The van der Waals surface area contributed by atoms with Crippen LogP contribution in [0.1, 0.15) is 42.7 Å². The summed E-state index contributed by atoms with van der Waals surface area (Å²) in [7, 11) is 0. The van der Waals surface area contributed by atoms with E-state index in [4.69, 9.17) is 14.7 Å². The molecule has 0 aliphatic rings. The molecule has 0 spiro atoms. The van der Waals surface area contributed by atoms with Crippen LogP contribution in [-0.4, -0.2) is 33.0 Å². The van der Waals surface area contributed by atoms with E-state index in [0.717, 1.165) is 5.56 Å². The number of benzene rings is 2. The average molecular weight is 402 g/mol. The van der Waals surface area contributed by atoms with E-state index in [1.165, 1.54) is 6.92 Å². The maximum Gasteiger partial charge on any atom is 0.344 e. The first-order chi connectivity index (χ1) is 14.5. The number of hydrogen-bond donors (Lipinski definition) is 1. The van der Waals surface area contributed by atoms with Gasteiger partial charge in [-0.1, -0.05) is 42.5 Å². The number of amides is 1. The van der Waals surface area contributed by atoms with E-state index in [-0.39, 0.29) is 24.1 Å². The second-order valence-electron chi connectivity index (χ2n) is 6.97. The van der Waals surface area contributed by atoms with Crippen molar-refractivity contribution in [3.63, 3.8) is 0 Å². The van der Waals surface area contributed by atoms with E-state index in [2.05, 4.69) is 5.32 Å². The Kier molecular flexibility index (Phi) is 5.18. The van der Waals surface area contributed by atoms with Gasteiger partial charge in [0.15, 0.2) is 5.65 Å². The van der Waals surface area contributed by atoms with E-state index in [0.29, 0.717) is 28.0 Å². The third-order valence-corrected chi connectivity index (χ3v) is 4.94. The van der Waals surface area contributed by atoms with Gasteiger partial charge >= 0.3 is 5.97 Å². The molecule has 0 saturated carbocycles. The fourth-order valence-electron chi connectivity index (χ4n) is 3.61. The number of rotatable bonds is 5. The van der Waals surface area contributed by atoms with Crippen molar-refractivity contribution in [2.45, 2.75) is 26.8 Å². The van der Waals surface area contributed by atoms with Gasteiger partial charge in [-0.3, -0.25) is 4.79 Å². The molecule has 0 saturated heterocycles. The van der Waals surface area contributed by atoms with Crippen LogP contribution in [0.3, 0.4) is 0 Å². The van der Waals surface area contributed by atoms with Crippen LogP contribution in [-0.2, 0) is 9.53 Å². The van der Waals surface area contributed by atoms with Crippen LogP contribution in [0, 0.1) is 0 Å². The SMILES string of the molecule is CCOC(=O)c1c(NC(C)=O)n(C(C)c2ccccc2)c2nc3ccccc3nc12. The minimum absolute atomic E-state index is 0.209. The van der Waals surface area contributed by atoms with Crippen LogP contribution in [0.2, 0.25) is 0 Å². The van der Waals surface area contributed by atoms with Crippen molar-refractivity contribution >= 4 is 39.9 Å². The van der Waals surface area contributed by atoms with Crippen molar-refractivity contribution in [1.82, 2.24) is 14.5 Å². The van der Waals surface area contributed by atoms with Gasteiger partial charge in [-0.15, -0.1) is 0 Å². The van der Waals surface area contributed by atoms with Crippen LogP contribution >= 0.6 is 0 Å². The summed E-state index contributed by atoms with van der Waals surface area (Å²) in [5.74, 6) is -0.508. The van der Waals surface area contributed by atoms with Crippen LogP contribution < -0.4 is 5.32 Å². The Morgan fingerprint density at radius 3 is 2.30 bits per heavy atom. The van der Waals surface area contributed by atoms with Gasteiger partial charge in [0.25, 0.3) is 0 Å². The molecular weight excluding hydrogens is 380 g/mol. The number of nitrogens with one attached hydrogen (secondary N) is 1. The topological polar surface area (TPSA) is 86.1 Å². The monoisotopic (exact) mass is 402 g/mol. The molecule has 0 fully saturated rings. The molecule has 1 atom stereocenters. The van der Waals surface area contributed by atoms with Gasteiger partial charge in [0, 0.05) is 6.92 Å². The predicted molar refractivity (Wildman–Crippen MR) is 116 cm³/mol. The summed E-state index contributed by atoms with van der Waals surface area (Å²) < 4.78 is 7.14. The summed E-state index contributed by atoms with van der Waals surface area (Å²) in [6, 6.07) is 17.1. The average Bonchev–Trinajstić information content (AvgIpc) is 3.04. The molecule has 1 unspecified atom stereocenters. The van der Waals surface area contributed by atoms with Crippen LogP contribution in [0.4, 0.5) is 5.82 Å². The molecule has 30 heavy (non-hydrogen) atoms. The summed E-state index contributed by atoms with van der Waals surface area (Å²) in [6.45, 7) is 5.34. The number of carbonyl (C=O) groups excluding carboxylic acids is 2. The maximum absolute atomic E-state index is 12.9. The molecule has 0 aliphatic heterocycles. The van der Waals surface area contributed by atoms with Crippen molar-refractivity contribution < 1.29 is 14.3 Å². The maximum atomic E-state index is 12.9. The number of nitrogens with zero attached hydrogens (tertiary/aromatic N) is 3. The molecule has 2 heterocycles. The van der Waals surface area contributed by atoms with Crippen molar-refractivity contribution in [2.24, 2.45) is 0 Å². The molecule has 7 nitrogen and oxygen atoms in total. The summed E-state index contributed by atoms with van der Waals surface area (Å²) >= 11 is 0. The van der Waals surface area contributed by atoms with E-state index >= 15 is 0 Å². The molecule has 7 heteroatoms. The molecule has 0 radical (unpaired) electrons. The second kappa shape index (κ2) is 7.94. The Labute approximate surface area is 173 Å². The highest BCUT2D eigenvalue weighted by atomic mass is 16.5. The standard InChI is InChI=1S/C23H22N4O3/c1-4-30-23(29)19-20-22(26-18-13-9-8-12-17(18)25-20)27(21(19)24-15(3)28)14(2)16-10-6-5-7-11-16/h5-14H,4H2,1-3H3,(H,24,28). The van der Waals surface area contributed by atoms with E-state index < -0.39 is 5.97 Å². The quantitative estimate of drug-likeness (QED) is 0.502. The van der Waals surface area contributed by atoms with Gasteiger partial charge in [0.2, 0.25) is 5.91 Å². The highest BCUT2D eigenvalue weighted by Gasteiger charge is 2.29. The first-order valence-corrected chi connectivity index (χ1v) is 9.81. The molecule has 1 N–H and O–H groups in total. The zero-order chi connectivity index (χ0) is 21.3. The van der Waals surface area contributed by atoms with E-state index in [1.54, 1.807) is 6.92 Å². The number of aromatic nitrogens is 3. The molecule has 4 rings (SSSR count). The molecule has 4 aromatic rings. The normalized spacial score (nSPS) is 12.1. The molecule has 2 aromatic heterocycles. The summed E-state index contributed by atoms with van der Waals surface area (Å²) in [5.41, 5.74) is 3.49. The van der Waals surface area contributed by atoms with Crippen molar-refractivity contribution in [2.75, 3.05) is 11.9 Å². The number of para-hydroxylation sites is 2. The first kappa shape index (κ1) is 19.6. The molecular formula is C23H22N4O3. The lowest BCUT2D eigenvalue weighted by Crippen LogP contribution is -2.18. The number of esters is 1. The fraction of sp³-hybridized carbons (Fsp3) is 0.217. The summed E-state index contributed by atoms with van der Waals surface area (Å²) in [4.78, 5) is 34.5. The molecule has 2 aromatic carbocycles. The molecule has 0 bridgehead atoms. The minimum atomic E-state index is -0.546. The third-order valence-electron chi connectivity index (χ3n) is 4.94. The molecule has 152 valence electrons. The summed E-state index contributed by atoms with van der Waals surface area (Å²) in [6.07, 6.45) is 0. The lowest BCUT2D eigenvalue weighted by molar-refractivity contribution is -0.114. The fourth-order valence-corrected chi connectivity index (χ4v) is 3.61. The zero-order valence-corrected chi connectivity index (χ0v) is 17.0. The van der Waals surface area contributed by atoms with Gasteiger partial charge in [0.05, 0.1) is 23.7 Å². The number of ether oxygens (including phenoxy) is 1. The van der Waals surface area contributed by atoms with Crippen molar-refractivity contribution in [1.29, 1.82) is 0 Å². The second-order valence-corrected chi connectivity index (χ2v) is 6.97. The Bertz CT molecular complexity index is 1250. The van der Waals surface area contributed by atoms with Gasteiger partial charge in [0.1, 0.15) is 16.9 Å². The van der Waals surface area contributed by atoms with Crippen molar-refractivity contribution in [3.05, 3.63) is 65.7 Å². The highest BCUT2D eigenvalue weighted by molar-refractivity contribution is 6.11. The van der Waals surface area contributed by atoms with Gasteiger partial charge in [-0.2, -0.15) is 0 Å². The number of hydrogen-bond acceptors (Lipinski definition) is 5. The summed E-state index contributed by atoms with van der Waals surface area (Å²) in [5, 5.41) is 2.82. The molecule has 0 aliphatic carbocycles. The Morgan fingerprint density at radius 1 is 1.03 bits per heavy atom. The van der Waals surface area contributed by atoms with E-state index in [1.807, 2.05) is 66.1 Å². The van der Waals surface area contributed by atoms with Gasteiger partial charge < -0.3 is 14.6 Å². The Morgan fingerprint density at radius 2 is 1.67 bits per heavy atom. The lowest BCUT2D eigenvalue weighted by Gasteiger charge is -2.19. The molecule has 1 amide bonds. The lowest BCUT2D eigenvalue weighted by atomic mass is 10.1. The number of carbonyl (C=O) groups is 2. The van der Waals surface area contributed by atoms with Crippen LogP contribution in [0.15, 0.2) is 54.6 Å². The highest BCUT2D eigenvalue weighted by Crippen LogP contribution is 2.35. The van der Waals surface area contributed by atoms with Crippen molar-refractivity contribution in [3.8, 4) is 0 Å². The Hall–Kier alpha value is -3.74. The smallest absolute Gasteiger partial charge is 0.344 e. The van der Waals surface area contributed by atoms with E-state index in [9.17, 15) is 9.59 Å². The van der Waals surface area contributed by atoms with Gasteiger partial charge in [-0.25, -0.2) is 14.8 Å². The van der Waals surface area contributed by atoms with Crippen LogP contribution in [0.25, 0.3) is 22.2 Å². The third kappa shape index (κ3) is 3.39. The largest absolute Gasteiger partial charge is 0.462 e. The Balaban J connectivity index is 2.09. The number of fused-ring (bicyclic) bond motifs is 2. The number of anilines is 1.